The Hall–Kier alpha value is -3.91. The predicted octanol–water partition coefficient (Wildman–Crippen LogP) is 4.72. The van der Waals surface area contributed by atoms with Gasteiger partial charge >= 0.3 is 5.97 Å². The molecule has 7 nitrogen and oxygen atoms in total. The van der Waals surface area contributed by atoms with Crippen molar-refractivity contribution in [2.75, 3.05) is 13.4 Å². The number of carbonyl (C=O) groups excluding carboxylic acids is 2. The Kier molecular flexibility index (Phi) is 6.63. The van der Waals surface area contributed by atoms with E-state index in [0.29, 0.717) is 35.0 Å². The summed E-state index contributed by atoms with van der Waals surface area (Å²) in [6.07, 6.45) is 0.967. The third kappa shape index (κ3) is 5.12. The minimum atomic E-state index is -0.340. The maximum atomic E-state index is 13.0. The highest BCUT2D eigenvalue weighted by molar-refractivity contribution is 7.16. The fourth-order valence-corrected chi connectivity index (χ4v) is 5.01. The molecule has 8 heteroatoms. The molecule has 178 valence electrons. The number of fused-ring (bicyclic) bond motifs is 2. The number of aryl methyl sites for hydroxylation is 1. The van der Waals surface area contributed by atoms with Gasteiger partial charge in [-0.1, -0.05) is 53.8 Å². The highest BCUT2D eigenvalue weighted by atomic mass is 32.1. The van der Waals surface area contributed by atoms with Gasteiger partial charge in [-0.25, -0.2) is 0 Å². The zero-order valence-electron chi connectivity index (χ0n) is 19.2. The van der Waals surface area contributed by atoms with Crippen LogP contribution in [0.2, 0.25) is 0 Å². The maximum Gasteiger partial charge on any atom is 0.307 e. The summed E-state index contributed by atoms with van der Waals surface area (Å²) in [6.45, 7) is 2.60. The molecule has 1 amide bonds. The number of benzene rings is 3. The number of carbonyl (C=O) groups is 2. The van der Waals surface area contributed by atoms with E-state index in [9.17, 15) is 9.59 Å². The molecule has 0 spiro atoms. The van der Waals surface area contributed by atoms with Crippen molar-refractivity contribution in [2.24, 2.45) is 4.99 Å². The van der Waals surface area contributed by atoms with Crippen LogP contribution in [0.15, 0.2) is 71.7 Å². The Labute approximate surface area is 206 Å². The van der Waals surface area contributed by atoms with Crippen LogP contribution >= 0.6 is 11.3 Å². The number of thiazole rings is 1. The summed E-state index contributed by atoms with van der Waals surface area (Å²) in [5.74, 6) is 0.648. The van der Waals surface area contributed by atoms with Gasteiger partial charge in [0.2, 0.25) is 6.79 Å². The van der Waals surface area contributed by atoms with E-state index >= 15 is 0 Å². The molecule has 1 aromatic heterocycles. The number of esters is 1. The van der Waals surface area contributed by atoms with Gasteiger partial charge in [0, 0.05) is 24.2 Å². The molecular weight excluding hydrogens is 464 g/mol. The maximum absolute atomic E-state index is 13.0. The standard InChI is InChI=1S/C27H24N2O5S/c1-2-32-25(30)12-13-29-21-15-22-23(34-17-33-22)16-24(21)35-27(29)28-26(31)20-10-8-19(9-11-20)14-18-6-4-3-5-7-18/h3-11,15-16H,2,12-14,17H2,1H3. The van der Waals surface area contributed by atoms with E-state index in [1.165, 1.54) is 16.9 Å². The molecule has 35 heavy (non-hydrogen) atoms. The molecule has 3 aromatic carbocycles. The van der Waals surface area contributed by atoms with E-state index in [4.69, 9.17) is 14.2 Å². The summed E-state index contributed by atoms with van der Waals surface area (Å²) in [5, 5.41) is 0. The summed E-state index contributed by atoms with van der Waals surface area (Å²) < 4.78 is 18.8. The summed E-state index contributed by atoms with van der Waals surface area (Å²) in [4.78, 5) is 30.0. The van der Waals surface area contributed by atoms with Gasteiger partial charge in [-0.2, -0.15) is 4.99 Å². The summed E-state index contributed by atoms with van der Waals surface area (Å²) in [6, 6.07) is 21.4. The molecule has 0 N–H and O–H groups in total. The van der Waals surface area contributed by atoms with Crippen LogP contribution in [0.25, 0.3) is 10.2 Å². The third-order valence-electron chi connectivity index (χ3n) is 5.67. The Balaban J connectivity index is 1.44. The largest absolute Gasteiger partial charge is 0.466 e. The number of amides is 1. The molecule has 0 atom stereocenters. The molecule has 0 aliphatic carbocycles. The first kappa shape index (κ1) is 22.9. The van der Waals surface area contributed by atoms with E-state index in [2.05, 4.69) is 17.1 Å². The molecule has 5 rings (SSSR count). The topological polar surface area (TPSA) is 79.1 Å². The molecule has 2 heterocycles. The van der Waals surface area contributed by atoms with Crippen molar-refractivity contribution in [3.05, 3.63) is 88.2 Å². The molecule has 0 radical (unpaired) electrons. The SMILES string of the molecule is CCOC(=O)CCn1c(=NC(=O)c2ccc(Cc3ccccc3)cc2)sc2cc3c(cc21)OCO3. The lowest BCUT2D eigenvalue weighted by molar-refractivity contribution is -0.143. The predicted molar refractivity (Wildman–Crippen MR) is 133 cm³/mol. The molecule has 0 saturated carbocycles. The van der Waals surface area contributed by atoms with Gasteiger partial charge in [-0.15, -0.1) is 0 Å². The monoisotopic (exact) mass is 488 g/mol. The average molecular weight is 489 g/mol. The smallest absolute Gasteiger partial charge is 0.307 e. The van der Waals surface area contributed by atoms with Crippen LogP contribution in [0.4, 0.5) is 0 Å². The molecule has 1 aliphatic heterocycles. The lowest BCUT2D eigenvalue weighted by Gasteiger charge is -2.06. The first-order chi connectivity index (χ1) is 17.1. The summed E-state index contributed by atoms with van der Waals surface area (Å²) >= 11 is 1.37. The van der Waals surface area contributed by atoms with Crippen molar-refractivity contribution in [2.45, 2.75) is 26.3 Å². The fraction of sp³-hybridized carbons (Fsp3) is 0.222. The first-order valence-corrected chi connectivity index (χ1v) is 12.2. The van der Waals surface area contributed by atoms with E-state index in [-0.39, 0.29) is 25.1 Å². The minimum absolute atomic E-state index is 0.170. The Morgan fingerprint density at radius 1 is 1.00 bits per heavy atom. The van der Waals surface area contributed by atoms with Crippen molar-refractivity contribution in [3.8, 4) is 11.5 Å². The van der Waals surface area contributed by atoms with E-state index in [1.54, 1.807) is 19.1 Å². The van der Waals surface area contributed by atoms with E-state index < -0.39 is 0 Å². The van der Waals surface area contributed by atoms with Crippen LogP contribution in [0.3, 0.4) is 0 Å². The quantitative estimate of drug-likeness (QED) is 0.352. The second-order valence-electron chi connectivity index (χ2n) is 8.04. The van der Waals surface area contributed by atoms with Crippen molar-refractivity contribution in [3.63, 3.8) is 0 Å². The van der Waals surface area contributed by atoms with E-state index in [1.807, 2.05) is 47.0 Å². The van der Waals surface area contributed by atoms with Gasteiger partial charge in [-0.05, 0) is 36.6 Å². The fourth-order valence-electron chi connectivity index (χ4n) is 3.95. The molecule has 4 aromatic rings. The molecule has 0 fully saturated rings. The molecule has 0 bridgehead atoms. The van der Waals surface area contributed by atoms with Crippen LogP contribution in [-0.2, 0) is 22.5 Å². The minimum Gasteiger partial charge on any atom is -0.466 e. The van der Waals surface area contributed by atoms with Gasteiger partial charge in [0.05, 0.1) is 23.2 Å². The number of hydrogen-bond acceptors (Lipinski definition) is 6. The summed E-state index contributed by atoms with van der Waals surface area (Å²) in [5.41, 5.74) is 3.66. The zero-order chi connectivity index (χ0) is 24.2. The van der Waals surface area contributed by atoms with E-state index in [0.717, 1.165) is 22.2 Å². The third-order valence-corrected chi connectivity index (χ3v) is 6.71. The Bertz CT molecular complexity index is 1440. The zero-order valence-corrected chi connectivity index (χ0v) is 20.0. The Morgan fingerprint density at radius 2 is 1.71 bits per heavy atom. The average Bonchev–Trinajstić information content (AvgIpc) is 3.45. The highest BCUT2D eigenvalue weighted by Gasteiger charge is 2.19. The number of ether oxygens (including phenoxy) is 3. The molecule has 0 unspecified atom stereocenters. The van der Waals surface area contributed by atoms with Crippen LogP contribution in [0, 0.1) is 0 Å². The normalized spacial score (nSPS) is 12.8. The van der Waals surface area contributed by atoms with Crippen molar-refractivity contribution in [1.29, 1.82) is 0 Å². The molecule has 1 aliphatic rings. The van der Waals surface area contributed by atoms with Gasteiger partial charge in [0.15, 0.2) is 16.3 Å². The lowest BCUT2D eigenvalue weighted by Crippen LogP contribution is -2.19. The van der Waals surface area contributed by atoms with Crippen molar-refractivity contribution >= 4 is 33.4 Å². The number of nitrogens with zero attached hydrogens (tertiary/aromatic N) is 2. The molecular formula is C27H24N2O5S. The van der Waals surface area contributed by atoms with Gasteiger partial charge in [0.25, 0.3) is 5.91 Å². The number of aromatic nitrogens is 1. The van der Waals surface area contributed by atoms with Crippen molar-refractivity contribution in [1.82, 2.24) is 4.57 Å². The van der Waals surface area contributed by atoms with Crippen molar-refractivity contribution < 1.29 is 23.8 Å². The second kappa shape index (κ2) is 10.1. The summed E-state index contributed by atoms with van der Waals surface area (Å²) in [7, 11) is 0. The molecule has 0 saturated heterocycles. The number of hydrogen-bond donors (Lipinski definition) is 0. The number of rotatable bonds is 7. The second-order valence-corrected chi connectivity index (χ2v) is 9.05. The highest BCUT2D eigenvalue weighted by Crippen LogP contribution is 2.37. The van der Waals surface area contributed by atoms with Crippen LogP contribution in [-0.4, -0.2) is 29.8 Å². The van der Waals surface area contributed by atoms with Crippen LogP contribution < -0.4 is 14.3 Å². The van der Waals surface area contributed by atoms with Gasteiger partial charge < -0.3 is 18.8 Å². The first-order valence-electron chi connectivity index (χ1n) is 11.4. The van der Waals surface area contributed by atoms with Gasteiger partial charge in [-0.3, -0.25) is 9.59 Å². The Morgan fingerprint density at radius 3 is 2.46 bits per heavy atom. The lowest BCUT2D eigenvalue weighted by atomic mass is 10.0. The van der Waals surface area contributed by atoms with Crippen LogP contribution in [0.5, 0.6) is 11.5 Å². The van der Waals surface area contributed by atoms with Gasteiger partial charge in [0.1, 0.15) is 0 Å². The van der Waals surface area contributed by atoms with Crippen LogP contribution in [0.1, 0.15) is 34.8 Å².